The van der Waals surface area contributed by atoms with Crippen LogP contribution in [0, 0.1) is 5.82 Å². The van der Waals surface area contributed by atoms with Crippen molar-refractivity contribution in [2.75, 3.05) is 12.3 Å². The number of thioether (sulfide) groups is 1. The maximum absolute atomic E-state index is 13.4. The van der Waals surface area contributed by atoms with E-state index in [-0.39, 0.29) is 17.8 Å². The topological polar surface area (TPSA) is 41.1 Å². The van der Waals surface area contributed by atoms with Crippen LogP contribution in [0.15, 0.2) is 23.1 Å². The van der Waals surface area contributed by atoms with E-state index >= 15 is 0 Å². The Bertz CT molecular complexity index is 517. The van der Waals surface area contributed by atoms with Crippen LogP contribution in [0.1, 0.15) is 43.7 Å². The standard InChI is InChI=1S/C16H21FN2OS/c17-11-5-6-15-13(9-11)14(7-8-21-15)19-16(20)10-18-12-3-1-2-4-12/h5-6,9,12,14,18H,1-4,7-8,10H2,(H,19,20). The van der Waals surface area contributed by atoms with Gasteiger partial charge in [-0.25, -0.2) is 4.39 Å². The minimum absolute atomic E-state index is 0.00834. The fourth-order valence-corrected chi connectivity index (χ4v) is 4.23. The maximum atomic E-state index is 13.4. The summed E-state index contributed by atoms with van der Waals surface area (Å²) < 4.78 is 13.4. The Morgan fingerprint density at radius 2 is 2.10 bits per heavy atom. The van der Waals surface area contributed by atoms with Crippen LogP contribution in [-0.2, 0) is 4.79 Å². The van der Waals surface area contributed by atoms with Gasteiger partial charge in [-0.1, -0.05) is 12.8 Å². The van der Waals surface area contributed by atoms with Gasteiger partial charge in [0.25, 0.3) is 0 Å². The van der Waals surface area contributed by atoms with Crippen molar-refractivity contribution in [2.24, 2.45) is 0 Å². The fourth-order valence-electron chi connectivity index (χ4n) is 3.13. The third-order valence-corrected chi connectivity index (χ3v) is 5.38. The molecule has 1 aliphatic heterocycles. The van der Waals surface area contributed by atoms with Crippen LogP contribution in [0.5, 0.6) is 0 Å². The van der Waals surface area contributed by atoms with Gasteiger partial charge >= 0.3 is 0 Å². The molecule has 1 aromatic rings. The highest BCUT2D eigenvalue weighted by Gasteiger charge is 2.23. The van der Waals surface area contributed by atoms with Crippen molar-refractivity contribution in [2.45, 2.75) is 49.1 Å². The van der Waals surface area contributed by atoms with Gasteiger partial charge in [-0.2, -0.15) is 0 Å². The zero-order valence-electron chi connectivity index (χ0n) is 12.0. The summed E-state index contributed by atoms with van der Waals surface area (Å²) in [4.78, 5) is 13.2. The molecule has 0 radical (unpaired) electrons. The van der Waals surface area contributed by atoms with Crippen LogP contribution < -0.4 is 10.6 Å². The Morgan fingerprint density at radius 3 is 2.90 bits per heavy atom. The van der Waals surface area contributed by atoms with E-state index in [1.807, 2.05) is 6.07 Å². The summed E-state index contributed by atoms with van der Waals surface area (Å²) in [5.41, 5.74) is 0.917. The van der Waals surface area contributed by atoms with Gasteiger partial charge in [0.1, 0.15) is 5.82 Å². The van der Waals surface area contributed by atoms with E-state index in [2.05, 4.69) is 10.6 Å². The number of fused-ring (bicyclic) bond motifs is 1. The number of amides is 1. The van der Waals surface area contributed by atoms with Gasteiger partial charge in [-0.3, -0.25) is 4.79 Å². The van der Waals surface area contributed by atoms with Crippen LogP contribution in [0.3, 0.4) is 0 Å². The molecule has 1 heterocycles. The summed E-state index contributed by atoms with van der Waals surface area (Å²) in [6, 6.07) is 5.27. The second-order valence-corrected chi connectivity index (χ2v) is 6.94. The van der Waals surface area contributed by atoms with E-state index in [0.29, 0.717) is 12.6 Å². The van der Waals surface area contributed by atoms with Gasteiger partial charge in [0, 0.05) is 16.7 Å². The summed E-state index contributed by atoms with van der Waals surface area (Å²) >= 11 is 1.73. The molecule has 1 aromatic carbocycles. The van der Waals surface area contributed by atoms with Crippen molar-refractivity contribution in [3.05, 3.63) is 29.6 Å². The lowest BCUT2D eigenvalue weighted by Gasteiger charge is -2.26. The molecule has 3 nitrogen and oxygen atoms in total. The zero-order valence-corrected chi connectivity index (χ0v) is 12.8. The Kier molecular flexibility index (Phi) is 4.80. The van der Waals surface area contributed by atoms with Crippen molar-refractivity contribution >= 4 is 17.7 Å². The van der Waals surface area contributed by atoms with E-state index in [4.69, 9.17) is 0 Å². The van der Waals surface area contributed by atoms with E-state index in [0.717, 1.165) is 22.6 Å². The van der Waals surface area contributed by atoms with Crippen LogP contribution in [0.25, 0.3) is 0 Å². The molecule has 2 aliphatic rings. The Labute approximate surface area is 129 Å². The molecule has 0 aromatic heterocycles. The first-order valence-corrected chi connectivity index (χ1v) is 8.66. The summed E-state index contributed by atoms with van der Waals surface area (Å²) in [6.45, 7) is 0.360. The van der Waals surface area contributed by atoms with Gasteiger partial charge in [-0.05, 0) is 43.0 Å². The fraction of sp³-hybridized carbons (Fsp3) is 0.562. The minimum Gasteiger partial charge on any atom is -0.348 e. The molecule has 1 fully saturated rings. The Balaban J connectivity index is 1.57. The highest BCUT2D eigenvalue weighted by Crippen LogP contribution is 2.36. The van der Waals surface area contributed by atoms with Crippen molar-refractivity contribution in [1.29, 1.82) is 0 Å². The maximum Gasteiger partial charge on any atom is 0.234 e. The lowest BCUT2D eigenvalue weighted by Crippen LogP contribution is -2.40. The minimum atomic E-state index is -0.237. The predicted molar refractivity (Wildman–Crippen MR) is 82.9 cm³/mol. The smallest absolute Gasteiger partial charge is 0.234 e. The number of hydrogen-bond acceptors (Lipinski definition) is 3. The highest BCUT2D eigenvalue weighted by molar-refractivity contribution is 7.99. The van der Waals surface area contributed by atoms with Crippen molar-refractivity contribution in [1.82, 2.24) is 10.6 Å². The van der Waals surface area contributed by atoms with Crippen LogP contribution >= 0.6 is 11.8 Å². The third-order valence-electron chi connectivity index (χ3n) is 4.25. The number of nitrogens with one attached hydrogen (secondary N) is 2. The van der Waals surface area contributed by atoms with Crippen LogP contribution in [0.2, 0.25) is 0 Å². The van der Waals surface area contributed by atoms with Gasteiger partial charge in [-0.15, -0.1) is 11.8 Å². The van der Waals surface area contributed by atoms with E-state index < -0.39 is 0 Å². The largest absolute Gasteiger partial charge is 0.348 e. The van der Waals surface area contributed by atoms with Crippen molar-refractivity contribution < 1.29 is 9.18 Å². The molecular weight excluding hydrogens is 287 g/mol. The van der Waals surface area contributed by atoms with Crippen molar-refractivity contribution in [3.8, 4) is 0 Å². The van der Waals surface area contributed by atoms with Gasteiger partial charge in [0.15, 0.2) is 0 Å². The first-order valence-electron chi connectivity index (χ1n) is 7.67. The number of benzene rings is 1. The van der Waals surface area contributed by atoms with Gasteiger partial charge in [0.2, 0.25) is 5.91 Å². The number of carbonyl (C=O) groups is 1. The zero-order chi connectivity index (χ0) is 14.7. The lowest BCUT2D eigenvalue weighted by molar-refractivity contribution is -0.121. The molecule has 1 atom stereocenters. The molecule has 1 amide bonds. The molecule has 3 rings (SSSR count). The summed E-state index contributed by atoms with van der Waals surface area (Å²) in [6.07, 6.45) is 5.71. The summed E-state index contributed by atoms with van der Waals surface area (Å²) in [5, 5.41) is 6.36. The number of hydrogen-bond donors (Lipinski definition) is 2. The molecular formula is C16H21FN2OS. The monoisotopic (exact) mass is 308 g/mol. The highest BCUT2D eigenvalue weighted by atomic mass is 32.2. The van der Waals surface area contributed by atoms with Gasteiger partial charge in [0.05, 0.1) is 12.6 Å². The van der Waals surface area contributed by atoms with E-state index in [1.165, 1.54) is 31.7 Å². The SMILES string of the molecule is O=C(CNC1CCCC1)NC1CCSc2ccc(F)cc21. The molecule has 2 N–H and O–H groups in total. The normalized spacial score (nSPS) is 22.0. The predicted octanol–water partition coefficient (Wildman–Crippen LogP) is 3.01. The molecule has 1 saturated carbocycles. The Morgan fingerprint density at radius 1 is 1.29 bits per heavy atom. The lowest BCUT2D eigenvalue weighted by atomic mass is 10.0. The van der Waals surface area contributed by atoms with E-state index in [9.17, 15) is 9.18 Å². The first-order chi connectivity index (χ1) is 10.2. The molecule has 0 spiro atoms. The molecule has 1 unspecified atom stereocenters. The number of rotatable bonds is 4. The number of halogens is 1. The summed E-state index contributed by atoms with van der Waals surface area (Å²) in [5.74, 6) is 0.730. The third kappa shape index (κ3) is 3.77. The van der Waals surface area contributed by atoms with E-state index in [1.54, 1.807) is 17.8 Å². The average Bonchev–Trinajstić information content (AvgIpc) is 2.99. The van der Waals surface area contributed by atoms with Crippen molar-refractivity contribution in [3.63, 3.8) is 0 Å². The summed E-state index contributed by atoms with van der Waals surface area (Å²) in [7, 11) is 0. The Hall–Kier alpha value is -1.07. The molecule has 114 valence electrons. The van der Waals surface area contributed by atoms with Crippen LogP contribution in [0.4, 0.5) is 4.39 Å². The molecule has 0 saturated heterocycles. The van der Waals surface area contributed by atoms with Gasteiger partial charge < -0.3 is 10.6 Å². The quantitative estimate of drug-likeness (QED) is 0.898. The first kappa shape index (κ1) is 14.9. The average molecular weight is 308 g/mol. The molecule has 5 heteroatoms. The second kappa shape index (κ2) is 6.79. The molecule has 1 aliphatic carbocycles. The molecule has 0 bridgehead atoms. The van der Waals surface area contributed by atoms with Crippen LogP contribution in [-0.4, -0.2) is 24.2 Å². The molecule has 21 heavy (non-hydrogen) atoms. The number of carbonyl (C=O) groups excluding carboxylic acids is 1. The second-order valence-electron chi connectivity index (χ2n) is 5.80.